The molecule has 0 saturated carbocycles. The first-order valence-electron chi connectivity index (χ1n) is 6.38. The molecule has 1 unspecified atom stereocenters. The Morgan fingerprint density at radius 3 is 3.06 bits per heavy atom. The standard InChI is InChI=1S/C15H18N2/c1-11-8-9-15-14(10-11)16-12(2)17(15)13-6-4-3-5-7-13/h3-4,6,8-9,11H,5,7,10H2,1-2H3. The number of nitrogens with zero attached hydrogens (tertiary/aromatic N) is 2. The predicted octanol–water partition coefficient (Wildman–Crippen LogP) is 3.59. The van der Waals surface area contributed by atoms with Gasteiger partial charge in [-0.15, -0.1) is 0 Å². The van der Waals surface area contributed by atoms with Crippen molar-refractivity contribution in [3.63, 3.8) is 0 Å². The molecule has 0 radical (unpaired) electrons. The average molecular weight is 226 g/mol. The Morgan fingerprint density at radius 2 is 2.29 bits per heavy atom. The molecule has 1 heterocycles. The Morgan fingerprint density at radius 1 is 1.41 bits per heavy atom. The summed E-state index contributed by atoms with van der Waals surface area (Å²) >= 11 is 0. The van der Waals surface area contributed by atoms with Gasteiger partial charge in [0.1, 0.15) is 5.82 Å². The first kappa shape index (κ1) is 10.6. The van der Waals surface area contributed by atoms with Gasteiger partial charge < -0.3 is 4.57 Å². The third kappa shape index (κ3) is 1.78. The summed E-state index contributed by atoms with van der Waals surface area (Å²) in [5.74, 6) is 1.74. The number of hydrogen-bond donors (Lipinski definition) is 0. The molecule has 0 fully saturated rings. The molecule has 0 spiro atoms. The fourth-order valence-corrected chi connectivity index (χ4v) is 2.69. The Labute approximate surface area is 102 Å². The van der Waals surface area contributed by atoms with Gasteiger partial charge in [-0.05, 0) is 44.3 Å². The summed E-state index contributed by atoms with van der Waals surface area (Å²) in [5, 5.41) is 0. The van der Waals surface area contributed by atoms with Crippen LogP contribution in [0.4, 0.5) is 0 Å². The summed E-state index contributed by atoms with van der Waals surface area (Å²) in [5.41, 5.74) is 3.92. The van der Waals surface area contributed by atoms with Crippen molar-refractivity contribution in [2.24, 2.45) is 5.92 Å². The van der Waals surface area contributed by atoms with Crippen LogP contribution in [0, 0.1) is 12.8 Å². The average Bonchev–Trinajstić information content (AvgIpc) is 2.65. The van der Waals surface area contributed by atoms with Crippen molar-refractivity contribution in [1.29, 1.82) is 0 Å². The van der Waals surface area contributed by atoms with E-state index in [4.69, 9.17) is 4.98 Å². The third-order valence-electron chi connectivity index (χ3n) is 3.53. The summed E-state index contributed by atoms with van der Waals surface area (Å²) in [7, 11) is 0. The van der Waals surface area contributed by atoms with Gasteiger partial charge in [0.25, 0.3) is 0 Å². The Kier molecular flexibility index (Phi) is 2.50. The summed E-state index contributed by atoms with van der Waals surface area (Å²) in [4.78, 5) is 4.72. The lowest BCUT2D eigenvalue weighted by molar-refractivity contribution is 0.701. The summed E-state index contributed by atoms with van der Waals surface area (Å²) < 4.78 is 2.32. The number of imidazole rings is 1. The fourth-order valence-electron chi connectivity index (χ4n) is 2.69. The van der Waals surface area contributed by atoms with Crippen LogP contribution in [0.1, 0.15) is 37.0 Å². The van der Waals surface area contributed by atoms with Gasteiger partial charge in [0.05, 0.1) is 11.4 Å². The highest BCUT2D eigenvalue weighted by Gasteiger charge is 2.19. The molecule has 1 aromatic heterocycles. The number of rotatable bonds is 1. The fraction of sp³-hybridized carbons (Fsp3) is 0.400. The van der Waals surface area contributed by atoms with Crippen molar-refractivity contribution in [3.05, 3.63) is 41.5 Å². The van der Waals surface area contributed by atoms with Crippen molar-refractivity contribution in [2.45, 2.75) is 33.1 Å². The van der Waals surface area contributed by atoms with E-state index >= 15 is 0 Å². The zero-order chi connectivity index (χ0) is 11.8. The van der Waals surface area contributed by atoms with Gasteiger partial charge in [-0.25, -0.2) is 4.98 Å². The van der Waals surface area contributed by atoms with Crippen molar-refractivity contribution in [2.75, 3.05) is 0 Å². The Bertz CT molecular complexity index is 529. The van der Waals surface area contributed by atoms with Gasteiger partial charge in [-0.1, -0.05) is 25.2 Å². The molecule has 2 aliphatic carbocycles. The van der Waals surface area contributed by atoms with E-state index < -0.39 is 0 Å². The molecule has 2 aliphatic rings. The maximum absolute atomic E-state index is 4.72. The lowest BCUT2D eigenvalue weighted by atomic mass is 9.98. The monoisotopic (exact) mass is 226 g/mol. The normalized spacial score (nSPS) is 22.5. The van der Waals surface area contributed by atoms with E-state index in [1.165, 1.54) is 17.1 Å². The van der Waals surface area contributed by atoms with Crippen LogP contribution < -0.4 is 0 Å². The van der Waals surface area contributed by atoms with Gasteiger partial charge in [0.2, 0.25) is 0 Å². The first-order valence-corrected chi connectivity index (χ1v) is 6.38. The zero-order valence-electron chi connectivity index (χ0n) is 10.5. The smallest absolute Gasteiger partial charge is 0.110 e. The van der Waals surface area contributed by atoms with Gasteiger partial charge in [-0.2, -0.15) is 0 Å². The molecule has 88 valence electrons. The maximum atomic E-state index is 4.72. The second kappa shape index (κ2) is 4.02. The molecule has 2 heteroatoms. The van der Waals surface area contributed by atoms with Gasteiger partial charge in [0, 0.05) is 5.70 Å². The molecule has 0 saturated heterocycles. The summed E-state index contributed by atoms with van der Waals surface area (Å²) in [6, 6.07) is 0. The van der Waals surface area contributed by atoms with E-state index in [2.05, 4.69) is 48.8 Å². The minimum absolute atomic E-state index is 0.616. The highest BCUT2D eigenvalue weighted by atomic mass is 15.1. The van der Waals surface area contributed by atoms with Crippen molar-refractivity contribution in [3.8, 4) is 0 Å². The number of hydrogen-bond acceptors (Lipinski definition) is 1. The molecule has 17 heavy (non-hydrogen) atoms. The van der Waals surface area contributed by atoms with E-state index in [0.29, 0.717) is 5.92 Å². The summed E-state index contributed by atoms with van der Waals surface area (Å²) in [6.45, 7) is 4.35. The van der Waals surface area contributed by atoms with Crippen molar-refractivity contribution < 1.29 is 0 Å². The Balaban J connectivity index is 2.10. The molecule has 0 amide bonds. The molecular weight excluding hydrogens is 208 g/mol. The van der Waals surface area contributed by atoms with E-state index in [9.17, 15) is 0 Å². The molecule has 1 aromatic rings. The number of allylic oxidation sites excluding steroid dienone is 5. The lowest BCUT2D eigenvalue weighted by Gasteiger charge is -2.17. The minimum Gasteiger partial charge on any atom is -0.301 e. The minimum atomic E-state index is 0.616. The predicted molar refractivity (Wildman–Crippen MR) is 71.5 cm³/mol. The van der Waals surface area contributed by atoms with Crippen molar-refractivity contribution >= 4 is 11.8 Å². The molecule has 3 rings (SSSR count). The van der Waals surface area contributed by atoms with Crippen LogP contribution in [0.15, 0.2) is 24.3 Å². The molecule has 2 nitrogen and oxygen atoms in total. The molecular formula is C15H18N2. The topological polar surface area (TPSA) is 17.8 Å². The molecule has 1 atom stereocenters. The molecule has 0 aromatic carbocycles. The van der Waals surface area contributed by atoms with E-state index in [-0.39, 0.29) is 0 Å². The third-order valence-corrected chi connectivity index (χ3v) is 3.53. The SMILES string of the molecule is Cc1nc2c(n1C1=CC=CCC1)C=CC(C)C2. The van der Waals surface area contributed by atoms with Crippen LogP contribution in [0.25, 0.3) is 11.8 Å². The second-order valence-electron chi connectivity index (χ2n) is 4.99. The van der Waals surface area contributed by atoms with Gasteiger partial charge in [-0.3, -0.25) is 0 Å². The quantitative estimate of drug-likeness (QED) is 0.715. The number of aryl methyl sites for hydroxylation is 1. The lowest BCUT2D eigenvalue weighted by Crippen LogP contribution is -2.07. The van der Waals surface area contributed by atoms with Crippen LogP contribution in [-0.2, 0) is 6.42 Å². The number of aromatic nitrogens is 2. The zero-order valence-corrected chi connectivity index (χ0v) is 10.5. The van der Waals surface area contributed by atoms with E-state index in [1.54, 1.807) is 0 Å². The number of fused-ring (bicyclic) bond motifs is 1. The molecule has 0 N–H and O–H groups in total. The molecule has 0 aliphatic heterocycles. The van der Waals surface area contributed by atoms with Crippen LogP contribution in [0.5, 0.6) is 0 Å². The largest absolute Gasteiger partial charge is 0.301 e. The van der Waals surface area contributed by atoms with Crippen molar-refractivity contribution in [1.82, 2.24) is 9.55 Å². The Hall–Kier alpha value is -1.57. The second-order valence-corrected chi connectivity index (χ2v) is 4.99. The highest BCUT2D eigenvalue weighted by Crippen LogP contribution is 2.28. The van der Waals surface area contributed by atoms with Gasteiger partial charge >= 0.3 is 0 Å². The maximum Gasteiger partial charge on any atom is 0.110 e. The summed E-state index contributed by atoms with van der Waals surface area (Å²) in [6.07, 6.45) is 14.4. The van der Waals surface area contributed by atoms with Crippen LogP contribution in [0.3, 0.4) is 0 Å². The highest BCUT2D eigenvalue weighted by molar-refractivity contribution is 5.62. The van der Waals surface area contributed by atoms with Crippen LogP contribution >= 0.6 is 0 Å². The van der Waals surface area contributed by atoms with Gasteiger partial charge in [0.15, 0.2) is 0 Å². The van der Waals surface area contributed by atoms with E-state index in [0.717, 1.165) is 25.1 Å². The van der Waals surface area contributed by atoms with E-state index in [1.807, 2.05) is 0 Å². The van der Waals surface area contributed by atoms with Crippen LogP contribution in [0.2, 0.25) is 0 Å². The first-order chi connectivity index (χ1) is 8.25. The molecule has 0 bridgehead atoms. The van der Waals surface area contributed by atoms with Crippen LogP contribution in [-0.4, -0.2) is 9.55 Å².